The molecule has 1 rings (SSSR count). The minimum atomic E-state index is -0.666. The van der Waals surface area contributed by atoms with Crippen LogP contribution in [0.4, 0.5) is 5.69 Å². The number of nitrogens with one attached hydrogen (secondary N) is 1. The van der Waals surface area contributed by atoms with Crippen molar-refractivity contribution in [3.63, 3.8) is 0 Å². The van der Waals surface area contributed by atoms with E-state index in [-0.39, 0.29) is 30.3 Å². The number of carbonyl (C=O) groups is 1. The van der Waals surface area contributed by atoms with Crippen molar-refractivity contribution in [2.75, 3.05) is 13.7 Å². The van der Waals surface area contributed by atoms with Gasteiger partial charge in [-0.15, -0.1) is 0 Å². The second kappa shape index (κ2) is 5.85. The molecule has 2 N–H and O–H groups in total. The van der Waals surface area contributed by atoms with Crippen molar-refractivity contribution < 1.29 is 19.6 Å². The zero-order valence-corrected chi connectivity index (χ0v) is 10.1. The molecule has 7 nitrogen and oxygen atoms in total. The average Bonchev–Trinajstić information content (AvgIpc) is 2.28. The maximum atomic E-state index is 10.9. The van der Waals surface area contributed by atoms with Crippen molar-refractivity contribution in [2.45, 2.75) is 13.3 Å². The van der Waals surface area contributed by atoms with E-state index in [4.69, 9.17) is 4.74 Å². The number of phenols is 1. The Hall–Kier alpha value is -2.31. The third kappa shape index (κ3) is 3.09. The number of benzene rings is 1. The zero-order valence-electron chi connectivity index (χ0n) is 10.1. The molecule has 1 amide bonds. The number of phenolic OH excluding ortho intramolecular Hbond substituents is 1. The topological polar surface area (TPSA) is 102 Å². The lowest BCUT2D eigenvalue weighted by Crippen LogP contribution is -2.22. The van der Waals surface area contributed by atoms with Crippen LogP contribution in [0.15, 0.2) is 12.1 Å². The summed E-state index contributed by atoms with van der Waals surface area (Å²) in [6.07, 6.45) is 0.257. The molecule has 0 atom stereocenters. The summed E-state index contributed by atoms with van der Waals surface area (Å²) in [7, 11) is 1.32. The van der Waals surface area contributed by atoms with Crippen LogP contribution >= 0.6 is 0 Å². The number of aromatic hydroxyl groups is 1. The third-order valence-corrected chi connectivity index (χ3v) is 2.37. The van der Waals surface area contributed by atoms with Gasteiger partial charge in [-0.05, 0) is 18.6 Å². The highest BCUT2D eigenvalue weighted by Gasteiger charge is 2.23. The van der Waals surface area contributed by atoms with Gasteiger partial charge in [-0.25, -0.2) is 0 Å². The molecule has 18 heavy (non-hydrogen) atoms. The van der Waals surface area contributed by atoms with Crippen molar-refractivity contribution in [1.82, 2.24) is 5.32 Å². The molecule has 0 aliphatic rings. The van der Waals surface area contributed by atoms with E-state index in [1.54, 1.807) is 0 Å². The number of nitrogens with zero attached hydrogens (tertiary/aromatic N) is 1. The number of carbonyl (C=O) groups excluding carboxylic acids is 1. The van der Waals surface area contributed by atoms with Crippen LogP contribution < -0.4 is 10.1 Å². The van der Waals surface area contributed by atoms with Crippen LogP contribution in [0.2, 0.25) is 0 Å². The number of amides is 1. The van der Waals surface area contributed by atoms with Gasteiger partial charge in [-0.1, -0.05) is 0 Å². The third-order valence-electron chi connectivity index (χ3n) is 2.37. The summed E-state index contributed by atoms with van der Waals surface area (Å²) in [6, 6.07) is 2.95. The summed E-state index contributed by atoms with van der Waals surface area (Å²) < 4.78 is 4.81. The monoisotopic (exact) mass is 254 g/mol. The molecule has 0 spiro atoms. The number of nitro benzene ring substituents is 1. The molecule has 0 saturated heterocycles. The van der Waals surface area contributed by atoms with Gasteiger partial charge in [0.2, 0.25) is 11.7 Å². The predicted octanol–water partition coefficient (Wildman–Crippen LogP) is 0.988. The number of hydrogen-bond acceptors (Lipinski definition) is 5. The maximum Gasteiger partial charge on any atom is 0.317 e. The highest BCUT2D eigenvalue weighted by atomic mass is 16.6. The zero-order chi connectivity index (χ0) is 13.7. The molecular formula is C11H14N2O5. The van der Waals surface area contributed by atoms with Crippen LogP contribution in [0.3, 0.4) is 0 Å². The Morgan fingerprint density at radius 1 is 1.56 bits per heavy atom. The van der Waals surface area contributed by atoms with E-state index in [0.717, 1.165) is 0 Å². The lowest BCUT2D eigenvalue weighted by Gasteiger charge is -2.08. The van der Waals surface area contributed by atoms with E-state index in [0.29, 0.717) is 5.56 Å². The quantitative estimate of drug-likeness (QED) is 0.602. The van der Waals surface area contributed by atoms with Crippen LogP contribution in [0.5, 0.6) is 11.5 Å². The van der Waals surface area contributed by atoms with E-state index in [2.05, 4.69) is 5.32 Å². The second-order valence-corrected chi connectivity index (χ2v) is 3.61. The fourth-order valence-corrected chi connectivity index (χ4v) is 1.55. The Morgan fingerprint density at radius 3 is 2.72 bits per heavy atom. The standard InChI is InChI=1S/C11H14N2O5/c1-7(14)12-6-5-8-3-4-9(18-2)11(15)10(8)13(16)17/h3-4,15H,5-6H2,1-2H3,(H,12,14). The summed E-state index contributed by atoms with van der Waals surface area (Å²) in [5, 5.41) is 23.1. The van der Waals surface area contributed by atoms with Crippen LogP contribution in [0.1, 0.15) is 12.5 Å². The largest absolute Gasteiger partial charge is 0.500 e. The van der Waals surface area contributed by atoms with E-state index < -0.39 is 10.7 Å². The van der Waals surface area contributed by atoms with Gasteiger partial charge >= 0.3 is 5.69 Å². The molecule has 0 heterocycles. The minimum absolute atomic E-state index is 0.0463. The van der Waals surface area contributed by atoms with Crippen molar-refractivity contribution >= 4 is 11.6 Å². The van der Waals surface area contributed by atoms with Crippen LogP contribution in [0.25, 0.3) is 0 Å². The van der Waals surface area contributed by atoms with Crippen LogP contribution in [-0.2, 0) is 11.2 Å². The highest BCUT2D eigenvalue weighted by Crippen LogP contribution is 2.38. The molecule has 0 aliphatic heterocycles. The predicted molar refractivity (Wildman–Crippen MR) is 63.7 cm³/mol. The van der Waals surface area contributed by atoms with Gasteiger partial charge < -0.3 is 15.2 Å². The Balaban J connectivity index is 3.00. The van der Waals surface area contributed by atoms with Crippen molar-refractivity contribution in [3.05, 3.63) is 27.8 Å². The first-order chi connectivity index (χ1) is 8.47. The molecule has 1 aromatic rings. The number of ether oxygens (including phenoxy) is 1. The molecule has 0 fully saturated rings. The van der Waals surface area contributed by atoms with Gasteiger partial charge in [0.25, 0.3) is 0 Å². The first kappa shape index (κ1) is 13.8. The van der Waals surface area contributed by atoms with Gasteiger partial charge in [0.1, 0.15) is 0 Å². The Morgan fingerprint density at radius 2 is 2.22 bits per heavy atom. The van der Waals surface area contributed by atoms with E-state index in [1.807, 2.05) is 0 Å². The lowest BCUT2D eigenvalue weighted by molar-refractivity contribution is -0.386. The Labute approximate surface area is 104 Å². The highest BCUT2D eigenvalue weighted by molar-refractivity contribution is 5.72. The van der Waals surface area contributed by atoms with Gasteiger partial charge in [0, 0.05) is 19.0 Å². The van der Waals surface area contributed by atoms with Crippen LogP contribution in [0, 0.1) is 10.1 Å². The first-order valence-electron chi connectivity index (χ1n) is 5.25. The number of hydrogen-bond donors (Lipinski definition) is 2. The molecule has 0 bridgehead atoms. The van der Waals surface area contributed by atoms with Crippen molar-refractivity contribution in [1.29, 1.82) is 0 Å². The normalized spacial score (nSPS) is 9.89. The smallest absolute Gasteiger partial charge is 0.317 e. The molecule has 0 saturated carbocycles. The molecule has 0 aliphatic carbocycles. The van der Waals surface area contributed by atoms with Gasteiger partial charge in [0.15, 0.2) is 5.75 Å². The molecule has 1 aromatic carbocycles. The first-order valence-corrected chi connectivity index (χ1v) is 5.25. The summed E-state index contributed by atoms with van der Waals surface area (Å²) >= 11 is 0. The Kier molecular flexibility index (Phi) is 4.47. The van der Waals surface area contributed by atoms with Gasteiger partial charge in [-0.3, -0.25) is 14.9 Å². The lowest BCUT2D eigenvalue weighted by atomic mass is 10.1. The number of nitro groups is 1. The van der Waals surface area contributed by atoms with Gasteiger partial charge in [-0.2, -0.15) is 0 Å². The second-order valence-electron chi connectivity index (χ2n) is 3.61. The molecule has 0 unspecified atom stereocenters. The molecule has 0 aromatic heterocycles. The molecule has 7 heteroatoms. The van der Waals surface area contributed by atoms with E-state index in [1.165, 1.54) is 26.2 Å². The Bertz CT molecular complexity index is 473. The minimum Gasteiger partial charge on any atom is -0.500 e. The number of rotatable bonds is 5. The summed E-state index contributed by atoms with van der Waals surface area (Å²) in [5.41, 5.74) is -0.0493. The summed E-state index contributed by atoms with van der Waals surface area (Å²) in [6.45, 7) is 1.63. The molecule has 0 radical (unpaired) electrons. The summed E-state index contributed by atoms with van der Waals surface area (Å²) in [4.78, 5) is 21.0. The fraction of sp³-hybridized carbons (Fsp3) is 0.364. The molecule has 98 valence electrons. The van der Waals surface area contributed by atoms with E-state index >= 15 is 0 Å². The SMILES string of the molecule is COc1ccc(CCNC(C)=O)c([N+](=O)[O-])c1O. The number of methoxy groups -OCH3 is 1. The van der Waals surface area contributed by atoms with Crippen molar-refractivity contribution in [2.24, 2.45) is 0 Å². The summed E-state index contributed by atoms with van der Waals surface area (Å²) in [5.74, 6) is -0.664. The van der Waals surface area contributed by atoms with E-state index in [9.17, 15) is 20.0 Å². The average molecular weight is 254 g/mol. The van der Waals surface area contributed by atoms with Crippen LogP contribution in [-0.4, -0.2) is 29.6 Å². The molecular weight excluding hydrogens is 240 g/mol. The fourth-order valence-electron chi connectivity index (χ4n) is 1.55. The van der Waals surface area contributed by atoms with Crippen molar-refractivity contribution in [3.8, 4) is 11.5 Å². The maximum absolute atomic E-state index is 10.9. The van der Waals surface area contributed by atoms with Gasteiger partial charge in [0.05, 0.1) is 12.0 Å².